The van der Waals surface area contributed by atoms with Crippen LogP contribution >= 0.6 is 11.8 Å². The maximum absolute atomic E-state index is 12.4. The first kappa shape index (κ1) is 15.3. The van der Waals surface area contributed by atoms with Crippen molar-refractivity contribution in [3.63, 3.8) is 0 Å². The van der Waals surface area contributed by atoms with E-state index < -0.39 is 0 Å². The van der Waals surface area contributed by atoms with E-state index in [0.29, 0.717) is 11.4 Å². The van der Waals surface area contributed by atoms with Crippen molar-refractivity contribution in [3.8, 4) is 5.69 Å². The molecule has 23 heavy (non-hydrogen) atoms. The summed E-state index contributed by atoms with van der Waals surface area (Å²) in [5, 5.41) is 3.70. The molecule has 0 saturated heterocycles. The van der Waals surface area contributed by atoms with Gasteiger partial charge in [0.2, 0.25) is 0 Å². The van der Waals surface area contributed by atoms with E-state index >= 15 is 0 Å². The molecular formula is C17H16N4OS. The van der Waals surface area contributed by atoms with Gasteiger partial charge in [0, 0.05) is 29.8 Å². The van der Waals surface area contributed by atoms with Gasteiger partial charge in [0.25, 0.3) is 5.91 Å². The van der Waals surface area contributed by atoms with Crippen LogP contribution in [-0.4, -0.2) is 26.7 Å². The molecule has 5 nitrogen and oxygen atoms in total. The van der Waals surface area contributed by atoms with Gasteiger partial charge in [0.05, 0.1) is 0 Å². The Balaban J connectivity index is 1.86. The Morgan fingerprint density at radius 1 is 1.17 bits per heavy atom. The Bertz CT molecular complexity index is 844. The number of aryl methyl sites for hydroxylation is 1. The summed E-state index contributed by atoms with van der Waals surface area (Å²) >= 11 is 1.56. The van der Waals surface area contributed by atoms with Crippen molar-refractivity contribution in [1.82, 2.24) is 14.5 Å². The molecule has 3 aromatic rings. The summed E-state index contributed by atoms with van der Waals surface area (Å²) in [7, 11) is 0. The topological polar surface area (TPSA) is 59.8 Å². The van der Waals surface area contributed by atoms with Crippen LogP contribution in [0.25, 0.3) is 5.69 Å². The van der Waals surface area contributed by atoms with Crippen molar-refractivity contribution in [2.45, 2.75) is 12.1 Å². The molecule has 1 aromatic carbocycles. The van der Waals surface area contributed by atoms with E-state index in [-0.39, 0.29) is 5.91 Å². The van der Waals surface area contributed by atoms with Crippen LogP contribution in [0, 0.1) is 6.92 Å². The van der Waals surface area contributed by atoms with Crippen molar-refractivity contribution >= 4 is 23.5 Å². The Morgan fingerprint density at radius 2 is 2.04 bits per heavy atom. The third kappa shape index (κ3) is 3.43. The second kappa shape index (κ2) is 6.66. The molecule has 0 spiro atoms. The Hall–Kier alpha value is -2.60. The molecule has 0 aliphatic rings. The number of nitrogens with one attached hydrogen (secondary N) is 1. The standard InChI is InChI=1S/C17H16N4OS/c1-12-6-7-18-15(10-12)20-16(22)13-4-3-5-14(11-13)21-9-8-19-17(21)23-2/h3-11H,1-2H3,(H,18,20,22). The molecule has 0 fully saturated rings. The zero-order valence-corrected chi connectivity index (χ0v) is 13.7. The lowest BCUT2D eigenvalue weighted by Gasteiger charge is -2.09. The largest absolute Gasteiger partial charge is 0.307 e. The number of carbonyl (C=O) groups excluding carboxylic acids is 1. The third-order valence-electron chi connectivity index (χ3n) is 3.33. The van der Waals surface area contributed by atoms with E-state index in [9.17, 15) is 4.79 Å². The smallest absolute Gasteiger partial charge is 0.256 e. The average Bonchev–Trinajstić information content (AvgIpc) is 3.03. The van der Waals surface area contributed by atoms with Crippen LogP contribution in [0.3, 0.4) is 0 Å². The first-order chi connectivity index (χ1) is 11.2. The predicted molar refractivity (Wildman–Crippen MR) is 92.3 cm³/mol. The van der Waals surface area contributed by atoms with Crippen molar-refractivity contribution in [3.05, 3.63) is 66.1 Å². The molecule has 0 aliphatic heterocycles. The first-order valence-electron chi connectivity index (χ1n) is 7.09. The van der Waals surface area contributed by atoms with Gasteiger partial charge in [-0.15, -0.1) is 0 Å². The maximum Gasteiger partial charge on any atom is 0.256 e. The Morgan fingerprint density at radius 3 is 2.83 bits per heavy atom. The van der Waals surface area contributed by atoms with E-state index in [4.69, 9.17) is 0 Å². The molecule has 2 heterocycles. The molecule has 0 atom stereocenters. The van der Waals surface area contributed by atoms with Gasteiger partial charge in [0.1, 0.15) is 5.82 Å². The first-order valence-corrected chi connectivity index (χ1v) is 8.31. The fourth-order valence-electron chi connectivity index (χ4n) is 2.23. The SMILES string of the molecule is CSc1nccn1-c1cccc(C(=O)Nc2cc(C)ccn2)c1. The summed E-state index contributed by atoms with van der Waals surface area (Å²) in [6.07, 6.45) is 7.27. The minimum absolute atomic E-state index is 0.184. The molecular weight excluding hydrogens is 308 g/mol. The number of carbonyl (C=O) groups is 1. The van der Waals surface area contributed by atoms with Crippen LogP contribution < -0.4 is 5.32 Å². The van der Waals surface area contributed by atoms with E-state index in [1.54, 1.807) is 30.2 Å². The number of nitrogens with zero attached hydrogens (tertiary/aromatic N) is 3. The number of imidazole rings is 1. The van der Waals surface area contributed by atoms with Gasteiger partial charge >= 0.3 is 0 Å². The van der Waals surface area contributed by atoms with E-state index in [1.165, 1.54) is 0 Å². The molecule has 2 aromatic heterocycles. The number of hydrogen-bond donors (Lipinski definition) is 1. The van der Waals surface area contributed by atoms with Crippen LogP contribution in [0.15, 0.2) is 60.1 Å². The molecule has 116 valence electrons. The van der Waals surface area contributed by atoms with Crippen LogP contribution in [0.4, 0.5) is 5.82 Å². The molecule has 0 bridgehead atoms. The number of anilines is 1. The summed E-state index contributed by atoms with van der Waals surface area (Å²) in [6.45, 7) is 1.96. The van der Waals surface area contributed by atoms with Gasteiger partial charge in [-0.3, -0.25) is 9.36 Å². The quantitative estimate of drug-likeness (QED) is 0.746. The lowest BCUT2D eigenvalue weighted by molar-refractivity contribution is 0.102. The van der Waals surface area contributed by atoms with E-state index in [2.05, 4.69) is 15.3 Å². The van der Waals surface area contributed by atoms with Crippen molar-refractivity contribution < 1.29 is 4.79 Å². The van der Waals surface area contributed by atoms with Crippen LogP contribution in [-0.2, 0) is 0 Å². The molecule has 3 rings (SSSR count). The second-order valence-corrected chi connectivity index (χ2v) is 5.78. The molecule has 0 saturated carbocycles. The number of rotatable bonds is 4. The van der Waals surface area contributed by atoms with Gasteiger partial charge < -0.3 is 5.32 Å². The third-order valence-corrected chi connectivity index (χ3v) is 4.00. The van der Waals surface area contributed by atoms with Gasteiger partial charge in [0.15, 0.2) is 5.16 Å². The fourth-order valence-corrected chi connectivity index (χ4v) is 2.76. The predicted octanol–water partition coefficient (Wildman–Crippen LogP) is 3.55. The lowest BCUT2D eigenvalue weighted by Crippen LogP contribution is -2.13. The summed E-state index contributed by atoms with van der Waals surface area (Å²) in [5.74, 6) is 0.364. The van der Waals surface area contributed by atoms with Gasteiger partial charge in [-0.2, -0.15) is 0 Å². The summed E-state index contributed by atoms with van der Waals surface area (Å²) in [6, 6.07) is 11.2. The number of amides is 1. The van der Waals surface area contributed by atoms with Crippen molar-refractivity contribution in [1.29, 1.82) is 0 Å². The number of benzene rings is 1. The normalized spacial score (nSPS) is 10.5. The summed E-state index contributed by atoms with van der Waals surface area (Å²) < 4.78 is 1.95. The average molecular weight is 324 g/mol. The van der Waals surface area contributed by atoms with E-state index in [0.717, 1.165) is 16.4 Å². The van der Waals surface area contributed by atoms with Crippen molar-refractivity contribution in [2.24, 2.45) is 0 Å². The minimum Gasteiger partial charge on any atom is -0.307 e. The highest BCUT2D eigenvalue weighted by atomic mass is 32.2. The molecule has 1 N–H and O–H groups in total. The Kier molecular flexibility index (Phi) is 4.43. The summed E-state index contributed by atoms with van der Waals surface area (Å²) in [5.41, 5.74) is 2.52. The highest BCUT2D eigenvalue weighted by Crippen LogP contribution is 2.19. The number of thioether (sulfide) groups is 1. The van der Waals surface area contributed by atoms with Crippen LogP contribution in [0.5, 0.6) is 0 Å². The number of hydrogen-bond acceptors (Lipinski definition) is 4. The monoisotopic (exact) mass is 324 g/mol. The van der Waals surface area contributed by atoms with Crippen LogP contribution in [0.2, 0.25) is 0 Å². The van der Waals surface area contributed by atoms with Crippen LogP contribution in [0.1, 0.15) is 15.9 Å². The van der Waals surface area contributed by atoms with Gasteiger partial charge in [-0.25, -0.2) is 9.97 Å². The molecule has 0 aliphatic carbocycles. The second-order valence-electron chi connectivity index (χ2n) is 5.01. The molecule has 0 radical (unpaired) electrons. The number of aromatic nitrogens is 3. The molecule has 0 unspecified atom stereocenters. The van der Waals surface area contributed by atoms with Gasteiger partial charge in [-0.1, -0.05) is 17.8 Å². The highest BCUT2D eigenvalue weighted by Gasteiger charge is 2.10. The Labute approximate surface area is 138 Å². The summed E-state index contributed by atoms with van der Waals surface area (Å²) in [4.78, 5) is 20.9. The minimum atomic E-state index is -0.184. The maximum atomic E-state index is 12.4. The van der Waals surface area contributed by atoms with Gasteiger partial charge in [-0.05, 0) is 49.1 Å². The van der Waals surface area contributed by atoms with E-state index in [1.807, 2.05) is 54.3 Å². The number of pyridine rings is 1. The lowest BCUT2D eigenvalue weighted by atomic mass is 10.2. The highest BCUT2D eigenvalue weighted by molar-refractivity contribution is 7.98. The van der Waals surface area contributed by atoms with Crippen molar-refractivity contribution in [2.75, 3.05) is 11.6 Å². The fraction of sp³-hybridized carbons (Fsp3) is 0.118. The molecule has 6 heteroatoms. The zero-order valence-electron chi connectivity index (χ0n) is 12.9. The molecule has 1 amide bonds. The zero-order chi connectivity index (χ0) is 16.2.